The summed E-state index contributed by atoms with van der Waals surface area (Å²) < 4.78 is 56.7. The van der Waals surface area contributed by atoms with Gasteiger partial charge in [-0.05, 0) is 0 Å². The Morgan fingerprint density at radius 2 is 1.62 bits per heavy atom. The summed E-state index contributed by atoms with van der Waals surface area (Å²) in [5.74, 6) is -6.56. The fraction of sp³-hybridized carbons (Fsp3) is 0. The molecule has 0 atom stereocenters. The van der Waals surface area contributed by atoms with Gasteiger partial charge in [0.1, 0.15) is 0 Å². The lowest BCUT2D eigenvalue weighted by atomic mass is 10.1. The molecule has 0 bridgehead atoms. The van der Waals surface area contributed by atoms with Gasteiger partial charge in [-0.15, -0.1) is 0 Å². The largest absolute Gasteiger partial charge is 0.367 e. The molecule has 0 unspecified atom stereocenters. The first-order valence-corrected chi connectivity index (χ1v) is 4.06. The monoisotopic (exact) mass is 232 g/mol. The lowest BCUT2D eigenvalue weighted by molar-refractivity contribution is 0.436. The molecule has 2 aromatic rings. The van der Waals surface area contributed by atoms with Gasteiger partial charge in [-0.1, -0.05) is 5.16 Å². The number of anilines is 1. The summed E-state index contributed by atoms with van der Waals surface area (Å²) in [4.78, 5) is 0. The second-order valence-corrected chi connectivity index (χ2v) is 2.95. The molecule has 7 heteroatoms. The minimum atomic E-state index is -1.55. The molecule has 2 N–H and O–H groups in total. The number of hydrogen-bond acceptors (Lipinski definition) is 3. The predicted octanol–water partition coefficient (Wildman–Crippen LogP) is 2.48. The fourth-order valence-corrected chi connectivity index (χ4v) is 1.25. The SMILES string of the molecule is Nc1oncc1-c1c(F)c(F)cc(F)c1F. The van der Waals surface area contributed by atoms with Crippen molar-refractivity contribution in [2.24, 2.45) is 0 Å². The van der Waals surface area contributed by atoms with E-state index >= 15 is 0 Å². The van der Waals surface area contributed by atoms with E-state index in [2.05, 4.69) is 9.68 Å². The van der Waals surface area contributed by atoms with Crippen LogP contribution in [0.3, 0.4) is 0 Å². The molecule has 1 aromatic heterocycles. The van der Waals surface area contributed by atoms with Gasteiger partial charge in [-0.3, -0.25) is 0 Å². The highest BCUT2D eigenvalue weighted by atomic mass is 19.2. The number of rotatable bonds is 1. The number of nitrogens with zero attached hydrogens (tertiary/aromatic N) is 1. The van der Waals surface area contributed by atoms with Crippen LogP contribution in [0.4, 0.5) is 23.4 Å². The van der Waals surface area contributed by atoms with E-state index in [0.717, 1.165) is 6.20 Å². The number of benzene rings is 1. The van der Waals surface area contributed by atoms with Crippen LogP contribution in [0.2, 0.25) is 0 Å². The summed E-state index contributed by atoms with van der Waals surface area (Å²) in [6.45, 7) is 0. The van der Waals surface area contributed by atoms with Crippen molar-refractivity contribution in [1.82, 2.24) is 5.16 Å². The third-order valence-corrected chi connectivity index (χ3v) is 1.98. The maximum Gasteiger partial charge on any atom is 0.230 e. The molecule has 3 nitrogen and oxygen atoms in total. The maximum absolute atomic E-state index is 13.3. The molecule has 1 heterocycles. The molecule has 2 rings (SSSR count). The number of nitrogen functional groups attached to an aromatic ring is 1. The van der Waals surface area contributed by atoms with Gasteiger partial charge < -0.3 is 10.3 Å². The highest BCUT2D eigenvalue weighted by molar-refractivity contribution is 5.73. The van der Waals surface area contributed by atoms with Crippen LogP contribution < -0.4 is 5.73 Å². The molecular weight excluding hydrogens is 228 g/mol. The standard InChI is InChI=1S/C9H4F4N2O/c10-4-1-5(11)8(13)6(7(4)12)3-2-15-16-9(3)14/h1-2H,14H2. The molecule has 84 valence electrons. The van der Waals surface area contributed by atoms with E-state index in [1.165, 1.54) is 0 Å². The van der Waals surface area contributed by atoms with Gasteiger partial charge in [0, 0.05) is 6.07 Å². The molecular formula is C9H4F4N2O. The van der Waals surface area contributed by atoms with Gasteiger partial charge in [-0.2, -0.15) is 0 Å². The quantitative estimate of drug-likeness (QED) is 0.607. The van der Waals surface area contributed by atoms with Crippen LogP contribution in [0.25, 0.3) is 11.1 Å². The van der Waals surface area contributed by atoms with E-state index in [9.17, 15) is 17.6 Å². The summed E-state index contributed by atoms with van der Waals surface area (Å²) in [5, 5.41) is 3.16. The summed E-state index contributed by atoms with van der Waals surface area (Å²) in [6, 6.07) is 0.109. The van der Waals surface area contributed by atoms with Gasteiger partial charge in [0.25, 0.3) is 0 Å². The molecule has 0 aliphatic heterocycles. The van der Waals surface area contributed by atoms with Gasteiger partial charge in [0.2, 0.25) is 5.88 Å². The topological polar surface area (TPSA) is 52.0 Å². The Balaban J connectivity index is 2.79. The summed E-state index contributed by atoms with van der Waals surface area (Å²) in [6.07, 6.45) is 0.871. The van der Waals surface area contributed by atoms with E-state index in [4.69, 9.17) is 5.73 Å². The Labute approximate surface area is 86.5 Å². The zero-order chi connectivity index (χ0) is 11.9. The normalized spacial score (nSPS) is 10.8. The molecule has 1 aromatic carbocycles. The van der Waals surface area contributed by atoms with E-state index < -0.39 is 34.7 Å². The summed E-state index contributed by atoms with van der Waals surface area (Å²) >= 11 is 0. The molecule has 0 aliphatic carbocycles. The molecule has 0 fully saturated rings. The zero-order valence-corrected chi connectivity index (χ0v) is 7.60. The van der Waals surface area contributed by atoms with Crippen molar-refractivity contribution < 1.29 is 22.1 Å². The van der Waals surface area contributed by atoms with E-state index in [1.807, 2.05) is 0 Å². The third kappa shape index (κ3) is 1.40. The van der Waals surface area contributed by atoms with Gasteiger partial charge >= 0.3 is 0 Å². The molecule has 0 amide bonds. The number of nitrogens with two attached hydrogens (primary N) is 1. The molecule has 0 radical (unpaired) electrons. The van der Waals surface area contributed by atoms with Crippen molar-refractivity contribution in [3.8, 4) is 11.1 Å². The average molecular weight is 232 g/mol. The molecule has 16 heavy (non-hydrogen) atoms. The first-order chi connectivity index (χ1) is 7.52. The minimum absolute atomic E-state index is 0.109. The second-order valence-electron chi connectivity index (χ2n) is 2.95. The highest BCUT2D eigenvalue weighted by Gasteiger charge is 2.23. The van der Waals surface area contributed by atoms with Crippen molar-refractivity contribution in [1.29, 1.82) is 0 Å². The van der Waals surface area contributed by atoms with Crippen LogP contribution in [0.5, 0.6) is 0 Å². The Hall–Kier alpha value is -2.05. The number of halogens is 4. The van der Waals surface area contributed by atoms with Gasteiger partial charge in [-0.25, -0.2) is 17.6 Å². The molecule has 0 aliphatic rings. The van der Waals surface area contributed by atoms with Crippen molar-refractivity contribution in [2.75, 3.05) is 5.73 Å². The highest BCUT2D eigenvalue weighted by Crippen LogP contribution is 2.32. The Morgan fingerprint density at radius 1 is 1.06 bits per heavy atom. The van der Waals surface area contributed by atoms with Crippen LogP contribution >= 0.6 is 0 Å². The first-order valence-electron chi connectivity index (χ1n) is 4.06. The van der Waals surface area contributed by atoms with E-state index in [1.54, 1.807) is 0 Å². The summed E-state index contributed by atoms with van der Waals surface area (Å²) in [5.41, 5.74) is 3.93. The van der Waals surface area contributed by atoms with Gasteiger partial charge in [0.05, 0.1) is 17.3 Å². The first kappa shape index (κ1) is 10.5. The lowest BCUT2D eigenvalue weighted by Gasteiger charge is -2.04. The zero-order valence-electron chi connectivity index (χ0n) is 7.60. The fourth-order valence-electron chi connectivity index (χ4n) is 1.25. The second kappa shape index (κ2) is 3.51. The smallest absolute Gasteiger partial charge is 0.230 e. The van der Waals surface area contributed by atoms with Crippen LogP contribution in [0.15, 0.2) is 16.8 Å². The summed E-state index contributed by atoms with van der Waals surface area (Å²) in [7, 11) is 0. The van der Waals surface area contributed by atoms with Crippen molar-refractivity contribution in [2.45, 2.75) is 0 Å². The number of aromatic nitrogens is 1. The van der Waals surface area contributed by atoms with E-state index in [0.29, 0.717) is 0 Å². The van der Waals surface area contributed by atoms with E-state index in [-0.39, 0.29) is 11.6 Å². The maximum atomic E-state index is 13.3. The van der Waals surface area contributed by atoms with Crippen LogP contribution in [0.1, 0.15) is 0 Å². The van der Waals surface area contributed by atoms with Crippen LogP contribution in [-0.4, -0.2) is 5.16 Å². The number of hydrogen-bond donors (Lipinski definition) is 1. The minimum Gasteiger partial charge on any atom is -0.367 e. The van der Waals surface area contributed by atoms with Crippen molar-refractivity contribution in [3.63, 3.8) is 0 Å². The van der Waals surface area contributed by atoms with Crippen LogP contribution in [0, 0.1) is 23.3 Å². The average Bonchev–Trinajstić information content (AvgIpc) is 2.63. The predicted molar refractivity (Wildman–Crippen MR) is 46.2 cm³/mol. The molecule has 0 saturated heterocycles. The van der Waals surface area contributed by atoms with Crippen molar-refractivity contribution >= 4 is 5.88 Å². The van der Waals surface area contributed by atoms with Crippen molar-refractivity contribution in [3.05, 3.63) is 35.5 Å². The Morgan fingerprint density at radius 3 is 2.06 bits per heavy atom. The Bertz CT molecular complexity index is 526. The molecule has 0 spiro atoms. The lowest BCUT2D eigenvalue weighted by Crippen LogP contribution is -1.99. The van der Waals surface area contributed by atoms with Gasteiger partial charge in [0.15, 0.2) is 23.3 Å². The Kier molecular flexibility index (Phi) is 2.30. The molecule has 0 saturated carbocycles. The van der Waals surface area contributed by atoms with Crippen LogP contribution in [-0.2, 0) is 0 Å². The third-order valence-electron chi connectivity index (χ3n) is 1.98.